The summed E-state index contributed by atoms with van der Waals surface area (Å²) in [4.78, 5) is 25.8. The van der Waals surface area contributed by atoms with E-state index in [9.17, 15) is 18.0 Å². The van der Waals surface area contributed by atoms with Crippen LogP contribution < -0.4 is 5.73 Å². The van der Waals surface area contributed by atoms with Gasteiger partial charge in [-0.05, 0) is 31.5 Å². The van der Waals surface area contributed by atoms with E-state index in [1.807, 2.05) is 0 Å². The maximum absolute atomic E-state index is 12.3. The van der Waals surface area contributed by atoms with Crippen LogP contribution in [-0.4, -0.2) is 55.9 Å². The second kappa shape index (κ2) is 6.98. The molecule has 0 radical (unpaired) electrons. The highest BCUT2D eigenvalue weighted by molar-refractivity contribution is 7.91. The molecule has 1 amide bonds. The number of esters is 1. The lowest BCUT2D eigenvalue weighted by Crippen LogP contribution is -2.44. The van der Waals surface area contributed by atoms with Gasteiger partial charge in [0.1, 0.15) is 0 Å². The molecule has 2 N–H and O–H groups in total. The number of halogens is 1. The summed E-state index contributed by atoms with van der Waals surface area (Å²) >= 11 is 5.77. The molecule has 24 heavy (non-hydrogen) atoms. The van der Waals surface area contributed by atoms with Crippen LogP contribution in [0.3, 0.4) is 0 Å². The number of likely N-dealkylation sites (N-methyl/N-ethyl adjacent to an activating group) is 1. The number of rotatable bonds is 4. The number of benzene rings is 1. The smallest absolute Gasteiger partial charge is 0.341 e. The molecule has 132 valence electrons. The molecule has 1 aromatic rings. The Labute approximate surface area is 145 Å². The van der Waals surface area contributed by atoms with E-state index in [4.69, 9.17) is 22.1 Å². The molecule has 1 saturated heterocycles. The summed E-state index contributed by atoms with van der Waals surface area (Å²) in [6.07, 6.45) is -0.670. The van der Waals surface area contributed by atoms with Crippen molar-refractivity contribution in [3.63, 3.8) is 0 Å². The largest absolute Gasteiger partial charge is 0.449 e. The fraction of sp³-hybridized carbons (Fsp3) is 0.467. The Balaban J connectivity index is 2.02. The molecule has 1 heterocycles. The van der Waals surface area contributed by atoms with E-state index in [1.54, 1.807) is 0 Å². The minimum absolute atomic E-state index is 0.0603. The van der Waals surface area contributed by atoms with E-state index in [-0.39, 0.29) is 22.8 Å². The van der Waals surface area contributed by atoms with Crippen LogP contribution in [0.5, 0.6) is 0 Å². The van der Waals surface area contributed by atoms with Crippen molar-refractivity contribution in [2.24, 2.45) is 0 Å². The molecule has 0 aliphatic carbocycles. The quantitative estimate of drug-likeness (QED) is 0.625. The number of carbonyl (C=O) groups is 2. The van der Waals surface area contributed by atoms with Crippen LogP contribution >= 0.6 is 11.6 Å². The van der Waals surface area contributed by atoms with Crippen LogP contribution in [-0.2, 0) is 19.4 Å². The van der Waals surface area contributed by atoms with Gasteiger partial charge in [-0.25, -0.2) is 13.2 Å². The Morgan fingerprint density at radius 1 is 1.42 bits per heavy atom. The number of hydrogen-bond acceptors (Lipinski definition) is 6. The summed E-state index contributed by atoms with van der Waals surface area (Å²) in [6, 6.07) is 3.94. The molecule has 9 heteroatoms. The van der Waals surface area contributed by atoms with Crippen molar-refractivity contribution in [2.75, 3.05) is 24.3 Å². The minimum Gasteiger partial charge on any atom is -0.449 e. The molecule has 1 aliphatic heterocycles. The maximum atomic E-state index is 12.3. The molecule has 1 aromatic carbocycles. The number of nitrogen functional groups attached to an aromatic ring is 1. The topological polar surface area (TPSA) is 107 Å². The van der Waals surface area contributed by atoms with Gasteiger partial charge < -0.3 is 15.4 Å². The normalized spacial score (nSPS) is 20.4. The molecular formula is C15H19ClN2O5S. The van der Waals surface area contributed by atoms with Crippen molar-refractivity contribution < 1.29 is 22.7 Å². The molecule has 1 fully saturated rings. The predicted octanol–water partition coefficient (Wildman–Crippen LogP) is 1.11. The molecule has 0 spiro atoms. The van der Waals surface area contributed by atoms with Gasteiger partial charge in [-0.3, -0.25) is 4.79 Å². The summed E-state index contributed by atoms with van der Waals surface area (Å²) < 4.78 is 28.2. The minimum atomic E-state index is -3.11. The summed E-state index contributed by atoms with van der Waals surface area (Å²) in [5.41, 5.74) is 5.99. The Hall–Kier alpha value is -1.80. The van der Waals surface area contributed by atoms with Gasteiger partial charge in [0.2, 0.25) is 0 Å². The SMILES string of the molecule is C[C@H](OC(=O)c1ccc(Cl)cc1N)C(=O)N(C)[C@@H]1CCS(=O)(=O)C1. The average molecular weight is 375 g/mol. The van der Waals surface area contributed by atoms with E-state index in [0.717, 1.165) is 0 Å². The third-order valence-corrected chi connectivity index (χ3v) is 5.95. The highest BCUT2D eigenvalue weighted by Gasteiger charge is 2.35. The third kappa shape index (κ3) is 4.18. The zero-order valence-corrected chi connectivity index (χ0v) is 14.9. The first kappa shape index (κ1) is 18.5. The van der Waals surface area contributed by atoms with Crippen molar-refractivity contribution in [3.05, 3.63) is 28.8 Å². The van der Waals surface area contributed by atoms with Crippen LogP contribution in [0.4, 0.5) is 5.69 Å². The molecule has 0 saturated carbocycles. The number of hydrogen-bond donors (Lipinski definition) is 1. The first-order valence-electron chi connectivity index (χ1n) is 7.34. The number of nitrogens with zero attached hydrogens (tertiary/aromatic N) is 1. The number of amides is 1. The van der Waals surface area contributed by atoms with Crippen LogP contribution in [0.2, 0.25) is 5.02 Å². The lowest BCUT2D eigenvalue weighted by molar-refractivity contribution is -0.140. The third-order valence-electron chi connectivity index (χ3n) is 3.97. The van der Waals surface area contributed by atoms with Gasteiger partial charge in [-0.1, -0.05) is 11.6 Å². The average Bonchev–Trinajstić information content (AvgIpc) is 2.85. The highest BCUT2D eigenvalue weighted by atomic mass is 35.5. The summed E-state index contributed by atoms with van der Waals surface area (Å²) in [7, 11) is -1.60. The van der Waals surface area contributed by atoms with Crippen molar-refractivity contribution in [1.82, 2.24) is 4.90 Å². The number of sulfone groups is 1. The van der Waals surface area contributed by atoms with E-state index >= 15 is 0 Å². The van der Waals surface area contributed by atoms with Crippen LogP contribution in [0, 0.1) is 0 Å². The standard InChI is InChI=1S/C15H19ClN2O5S/c1-9(14(19)18(2)11-5-6-24(21,22)8-11)23-15(20)12-4-3-10(16)7-13(12)17/h3-4,7,9,11H,5-6,8,17H2,1-2H3/t9-,11+/m0/s1. The van der Waals surface area contributed by atoms with Crippen LogP contribution in [0.25, 0.3) is 0 Å². The Morgan fingerprint density at radius 2 is 2.08 bits per heavy atom. The number of nitrogens with two attached hydrogens (primary N) is 1. The number of anilines is 1. The highest BCUT2D eigenvalue weighted by Crippen LogP contribution is 2.21. The Morgan fingerprint density at radius 3 is 2.62 bits per heavy atom. The summed E-state index contributed by atoms with van der Waals surface area (Å²) in [5.74, 6) is -1.21. The number of carbonyl (C=O) groups excluding carboxylic acids is 2. The monoisotopic (exact) mass is 374 g/mol. The lowest BCUT2D eigenvalue weighted by Gasteiger charge is -2.26. The van der Waals surface area contributed by atoms with Gasteiger partial charge >= 0.3 is 5.97 Å². The van der Waals surface area contributed by atoms with Crippen molar-refractivity contribution in [3.8, 4) is 0 Å². The van der Waals surface area contributed by atoms with E-state index in [1.165, 1.54) is 37.1 Å². The molecule has 7 nitrogen and oxygen atoms in total. The van der Waals surface area contributed by atoms with Gasteiger partial charge in [-0.2, -0.15) is 0 Å². The van der Waals surface area contributed by atoms with E-state index in [0.29, 0.717) is 11.4 Å². The molecule has 0 unspecified atom stereocenters. The van der Waals surface area contributed by atoms with Crippen molar-refractivity contribution in [1.29, 1.82) is 0 Å². The van der Waals surface area contributed by atoms with Crippen molar-refractivity contribution >= 4 is 39.0 Å². The Kier molecular flexibility index (Phi) is 5.39. The van der Waals surface area contributed by atoms with Gasteiger partial charge in [0.15, 0.2) is 15.9 Å². The molecule has 2 atom stereocenters. The summed E-state index contributed by atoms with van der Waals surface area (Å²) in [5, 5.41) is 0.385. The molecule has 2 rings (SSSR count). The van der Waals surface area contributed by atoms with Crippen LogP contribution in [0.1, 0.15) is 23.7 Å². The molecule has 0 bridgehead atoms. The molecule has 1 aliphatic rings. The van der Waals surface area contributed by atoms with E-state index < -0.39 is 33.9 Å². The zero-order chi connectivity index (χ0) is 18.1. The van der Waals surface area contributed by atoms with Gasteiger partial charge in [-0.15, -0.1) is 0 Å². The first-order chi connectivity index (χ1) is 11.1. The second-order valence-corrected chi connectivity index (χ2v) is 8.45. The lowest BCUT2D eigenvalue weighted by atomic mass is 10.2. The summed E-state index contributed by atoms with van der Waals surface area (Å²) in [6.45, 7) is 1.44. The van der Waals surface area contributed by atoms with Crippen molar-refractivity contribution in [2.45, 2.75) is 25.5 Å². The van der Waals surface area contributed by atoms with Crippen LogP contribution in [0.15, 0.2) is 18.2 Å². The number of ether oxygens (including phenoxy) is 1. The fourth-order valence-electron chi connectivity index (χ4n) is 2.54. The maximum Gasteiger partial charge on any atom is 0.341 e. The Bertz CT molecular complexity index is 765. The fourth-order valence-corrected chi connectivity index (χ4v) is 4.50. The zero-order valence-electron chi connectivity index (χ0n) is 13.4. The van der Waals surface area contributed by atoms with Gasteiger partial charge in [0, 0.05) is 23.8 Å². The predicted molar refractivity (Wildman–Crippen MR) is 90.6 cm³/mol. The molecular weight excluding hydrogens is 356 g/mol. The molecule has 0 aromatic heterocycles. The van der Waals surface area contributed by atoms with Gasteiger partial charge in [0.25, 0.3) is 5.91 Å². The second-order valence-electron chi connectivity index (χ2n) is 5.79. The first-order valence-corrected chi connectivity index (χ1v) is 9.54. The van der Waals surface area contributed by atoms with E-state index in [2.05, 4.69) is 0 Å². The van der Waals surface area contributed by atoms with Gasteiger partial charge in [0.05, 0.1) is 17.1 Å².